The van der Waals surface area contributed by atoms with E-state index in [4.69, 9.17) is 5.26 Å². The molecule has 1 heterocycles. The van der Waals surface area contributed by atoms with Gasteiger partial charge in [-0.15, -0.1) is 0 Å². The Morgan fingerprint density at radius 3 is 2.80 bits per heavy atom. The van der Waals surface area contributed by atoms with Crippen LogP contribution >= 0.6 is 0 Å². The Labute approximate surface area is 87.7 Å². The maximum Gasteiger partial charge on any atom is 0.245 e. The molecule has 78 valence electrons. The summed E-state index contributed by atoms with van der Waals surface area (Å²) in [4.78, 5) is 11.7. The highest BCUT2D eigenvalue weighted by atomic mass is 16.2. The Hall–Kier alpha value is -1.83. The fraction of sp³-hybridized carbons (Fsp3) is 0.500. The molecule has 2 rings (SSSR count). The Morgan fingerprint density at radius 2 is 2.40 bits per heavy atom. The van der Waals surface area contributed by atoms with Crippen molar-refractivity contribution in [3.8, 4) is 6.07 Å². The molecule has 0 unspecified atom stereocenters. The first-order valence-corrected chi connectivity index (χ1v) is 4.81. The van der Waals surface area contributed by atoms with Gasteiger partial charge < -0.3 is 5.32 Å². The molecule has 0 saturated heterocycles. The minimum absolute atomic E-state index is 0.215. The number of nitrogens with one attached hydrogen (secondary N) is 1. The molecule has 0 aliphatic heterocycles. The van der Waals surface area contributed by atoms with Crippen LogP contribution in [0.4, 0.5) is 5.82 Å². The van der Waals surface area contributed by atoms with Gasteiger partial charge in [-0.3, -0.25) is 9.48 Å². The fourth-order valence-electron chi connectivity index (χ4n) is 1.48. The van der Waals surface area contributed by atoms with Crippen LogP contribution in [0.15, 0.2) is 6.07 Å². The summed E-state index contributed by atoms with van der Waals surface area (Å²) in [6.45, 7) is 1.85. The van der Waals surface area contributed by atoms with E-state index in [0.717, 1.165) is 5.69 Å². The number of carbonyl (C=O) groups is 1. The summed E-state index contributed by atoms with van der Waals surface area (Å²) in [5.41, 5.74) is 0.0626. The Balaban J connectivity index is 2.13. The van der Waals surface area contributed by atoms with E-state index in [-0.39, 0.29) is 5.91 Å². The van der Waals surface area contributed by atoms with Crippen molar-refractivity contribution in [1.82, 2.24) is 9.78 Å². The van der Waals surface area contributed by atoms with Gasteiger partial charge in [0.15, 0.2) is 0 Å². The molecule has 0 radical (unpaired) electrons. The number of hydrogen-bond donors (Lipinski definition) is 1. The molecule has 0 aromatic carbocycles. The first kappa shape index (κ1) is 9.71. The van der Waals surface area contributed by atoms with Gasteiger partial charge in [0.2, 0.25) is 5.91 Å². The minimum Gasteiger partial charge on any atom is -0.310 e. The van der Waals surface area contributed by atoms with Crippen molar-refractivity contribution in [2.24, 2.45) is 12.5 Å². The van der Waals surface area contributed by atoms with Crippen molar-refractivity contribution >= 4 is 11.7 Å². The summed E-state index contributed by atoms with van der Waals surface area (Å²) in [5, 5.41) is 15.7. The number of nitriles is 1. The van der Waals surface area contributed by atoms with Crippen LogP contribution in [-0.2, 0) is 11.8 Å². The van der Waals surface area contributed by atoms with E-state index in [1.807, 2.05) is 6.92 Å². The van der Waals surface area contributed by atoms with E-state index < -0.39 is 5.41 Å². The smallest absolute Gasteiger partial charge is 0.245 e. The molecule has 15 heavy (non-hydrogen) atoms. The number of nitrogens with zero attached hydrogens (tertiary/aromatic N) is 3. The molecule has 1 aliphatic rings. The lowest BCUT2D eigenvalue weighted by atomic mass is 10.1. The van der Waals surface area contributed by atoms with E-state index in [9.17, 15) is 4.79 Å². The largest absolute Gasteiger partial charge is 0.310 e. The molecule has 1 N–H and O–H groups in total. The summed E-state index contributed by atoms with van der Waals surface area (Å²) < 4.78 is 1.60. The van der Waals surface area contributed by atoms with Crippen LogP contribution in [0.25, 0.3) is 0 Å². The Bertz CT molecular complexity index is 450. The third-order valence-corrected chi connectivity index (χ3v) is 2.64. The van der Waals surface area contributed by atoms with Gasteiger partial charge in [0.25, 0.3) is 0 Å². The molecule has 0 atom stereocenters. The maximum absolute atomic E-state index is 11.7. The van der Waals surface area contributed by atoms with E-state index in [0.29, 0.717) is 18.7 Å². The van der Waals surface area contributed by atoms with Gasteiger partial charge >= 0.3 is 0 Å². The average molecular weight is 204 g/mol. The van der Waals surface area contributed by atoms with Gasteiger partial charge in [-0.1, -0.05) is 0 Å². The highest BCUT2D eigenvalue weighted by Crippen LogP contribution is 2.45. The van der Waals surface area contributed by atoms with Crippen LogP contribution in [0, 0.1) is 23.7 Å². The second kappa shape index (κ2) is 3.09. The summed E-state index contributed by atoms with van der Waals surface area (Å²) in [5.74, 6) is 0.423. The highest BCUT2D eigenvalue weighted by Gasteiger charge is 2.50. The minimum atomic E-state index is -0.780. The van der Waals surface area contributed by atoms with E-state index in [1.54, 1.807) is 17.8 Å². The molecule has 1 aromatic heterocycles. The van der Waals surface area contributed by atoms with Crippen molar-refractivity contribution in [2.75, 3.05) is 5.32 Å². The first-order valence-electron chi connectivity index (χ1n) is 4.81. The van der Waals surface area contributed by atoms with Crippen LogP contribution in [0.3, 0.4) is 0 Å². The van der Waals surface area contributed by atoms with Crippen LogP contribution in [0.2, 0.25) is 0 Å². The Kier molecular flexibility index (Phi) is 2.00. The second-order valence-corrected chi connectivity index (χ2v) is 3.94. The zero-order valence-electron chi connectivity index (χ0n) is 8.74. The topological polar surface area (TPSA) is 70.7 Å². The maximum atomic E-state index is 11.7. The predicted molar refractivity (Wildman–Crippen MR) is 53.9 cm³/mol. The monoisotopic (exact) mass is 204 g/mol. The van der Waals surface area contributed by atoms with Crippen molar-refractivity contribution in [1.29, 1.82) is 5.26 Å². The van der Waals surface area contributed by atoms with Crippen molar-refractivity contribution in [3.63, 3.8) is 0 Å². The van der Waals surface area contributed by atoms with Crippen molar-refractivity contribution in [3.05, 3.63) is 11.8 Å². The molecule has 1 saturated carbocycles. The quantitative estimate of drug-likeness (QED) is 0.780. The molecule has 0 spiro atoms. The van der Waals surface area contributed by atoms with Crippen molar-refractivity contribution < 1.29 is 4.79 Å². The first-order chi connectivity index (χ1) is 7.07. The molecule has 5 heteroatoms. The third-order valence-electron chi connectivity index (χ3n) is 2.64. The predicted octanol–water partition coefficient (Wildman–Crippen LogP) is 0.971. The zero-order valence-corrected chi connectivity index (χ0v) is 8.74. The fourth-order valence-corrected chi connectivity index (χ4v) is 1.48. The number of aromatic nitrogens is 2. The van der Waals surface area contributed by atoms with Gasteiger partial charge in [0.05, 0.1) is 11.8 Å². The highest BCUT2D eigenvalue weighted by molar-refractivity contribution is 5.98. The SMILES string of the molecule is Cc1cc(NC(=O)C2(C#N)CC2)n(C)n1. The normalized spacial score (nSPS) is 16.9. The van der Waals surface area contributed by atoms with Gasteiger partial charge in [-0.25, -0.2) is 0 Å². The van der Waals surface area contributed by atoms with Crippen LogP contribution in [-0.4, -0.2) is 15.7 Å². The Morgan fingerprint density at radius 1 is 1.73 bits per heavy atom. The molecule has 5 nitrogen and oxygen atoms in total. The van der Waals surface area contributed by atoms with Gasteiger partial charge in [0.1, 0.15) is 11.2 Å². The second-order valence-electron chi connectivity index (χ2n) is 3.94. The van der Waals surface area contributed by atoms with Gasteiger partial charge in [-0.05, 0) is 19.8 Å². The molecule has 0 bridgehead atoms. The molecular formula is C10H12N4O. The third kappa shape index (κ3) is 1.59. The lowest BCUT2D eigenvalue weighted by molar-refractivity contribution is -0.119. The lowest BCUT2D eigenvalue weighted by Crippen LogP contribution is -2.23. The molecule has 1 aliphatic carbocycles. The molecule has 1 aromatic rings. The number of aryl methyl sites for hydroxylation is 2. The van der Waals surface area contributed by atoms with Gasteiger partial charge in [0, 0.05) is 13.1 Å². The standard InChI is InChI=1S/C10H12N4O/c1-7-5-8(14(2)13-7)12-9(15)10(6-11)3-4-10/h5H,3-4H2,1-2H3,(H,12,15). The molecule has 1 fully saturated rings. The number of carbonyl (C=O) groups excluding carboxylic acids is 1. The number of rotatable bonds is 2. The average Bonchev–Trinajstić information content (AvgIpc) is 2.91. The van der Waals surface area contributed by atoms with Crippen LogP contribution in [0.5, 0.6) is 0 Å². The summed E-state index contributed by atoms with van der Waals surface area (Å²) >= 11 is 0. The van der Waals surface area contributed by atoms with Crippen LogP contribution < -0.4 is 5.32 Å². The van der Waals surface area contributed by atoms with Crippen molar-refractivity contribution in [2.45, 2.75) is 19.8 Å². The molecular weight excluding hydrogens is 192 g/mol. The van der Waals surface area contributed by atoms with E-state index in [2.05, 4.69) is 16.5 Å². The summed E-state index contributed by atoms with van der Waals surface area (Å²) in [6.07, 6.45) is 1.32. The van der Waals surface area contributed by atoms with Crippen LogP contribution in [0.1, 0.15) is 18.5 Å². The van der Waals surface area contributed by atoms with E-state index in [1.165, 1.54) is 0 Å². The molecule has 1 amide bonds. The van der Waals surface area contributed by atoms with E-state index >= 15 is 0 Å². The van der Waals surface area contributed by atoms with Gasteiger partial charge in [-0.2, -0.15) is 10.4 Å². The number of hydrogen-bond acceptors (Lipinski definition) is 3. The summed E-state index contributed by atoms with van der Waals surface area (Å²) in [6, 6.07) is 3.84. The lowest BCUT2D eigenvalue weighted by Gasteiger charge is -2.07. The zero-order chi connectivity index (χ0) is 11.1. The number of amides is 1. The summed E-state index contributed by atoms with van der Waals surface area (Å²) in [7, 11) is 1.76. The number of anilines is 1.